The van der Waals surface area contributed by atoms with Gasteiger partial charge >= 0.3 is 5.30 Å². The molecule has 0 aromatic carbocycles. The largest absolute Gasteiger partial charge is 0.474 e. The van der Waals surface area contributed by atoms with Crippen molar-refractivity contribution in [3.8, 4) is 0 Å². The van der Waals surface area contributed by atoms with Gasteiger partial charge in [-0.15, -0.1) is 0 Å². The van der Waals surface area contributed by atoms with Crippen LogP contribution in [0.5, 0.6) is 0 Å². The maximum atomic E-state index is 10.8. The molecular formula is C7H11NO2S. The Kier molecular flexibility index (Phi) is 2.34. The Balaban J connectivity index is 2.80. The van der Waals surface area contributed by atoms with E-state index in [0.29, 0.717) is 5.75 Å². The highest BCUT2D eigenvalue weighted by molar-refractivity contribution is 8.56. The molecule has 62 valence electrons. The summed E-state index contributed by atoms with van der Waals surface area (Å²) in [6.07, 6.45) is 2.47. The van der Waals surface area contributed by atoms with Crippen LogP contribution in [0, 0.1) is 0 Å². The number of nitrogens with zero attached hydrogens (tertiary/aromatic N) is 1. The summed E-state index contributed by atoms with van der Waals surface area (Å²) in [5.74, 6) is 0.711. The van der Waals surface area contributed by atoms with E-state index in [0.717, 1.165) is 6.42 Å². The maximum absolute atomic E-state index is 10.8. The fraction of sp³-hybridized carbons (Fsp3) is 0.429. The summed E-state index contributed by atoms with van der Waals surface area (Å²) >= 11 is 0. The summed E-state index contributed by atoms with van der Waals surface area (Å²) in [5, 5.41) is 9.89. The molecular weight excluding hydrogens is 162 g/mol. The van der Waals surface area contributed by atoms with Crippen molar-refractivity contribution < 1.29 is 9.90 Å². The van der Waals surface area contributed by atoms with Gasteiger partial charge in [0.15, 0.2) is 0 Å². The zero-order chi connectivity index (χ0) is 8.32. The van der Waals surface area contributed by atoms with E-state index in [9.17, 15) is 4.79 Å². The smallest absolute Gasteiger partial charge is 0.355 e. The van der Waals surface area contributed by atoms with Crippen molar-refractivity contribution in [2.24, 2.45) is 4.99 Å². The van der Waals surface area contributed by atoms with E-state index in [-0.39, 0.29) is 0 Å². The highest BCUT2D eigenvalue weighted by Gasteiger charge is 2.28. The first-order valence-corrected chi connectivity index (χ1v) is 5.38. The lowest BCUT2D eigenvalue weighted by molar-refractivity contribution is 0.221. The topological polar surface area (TPSA) is 49.7 Å². The van der Waals surface area contributed by atoms with Crippen LogP contribution in [-0.4, -0.2) is 21.7 Å². The minimum absolute atomic E-state index is 0.711. The summed E-state index contributed by atoms with van der Waals surface area (Å²) in [6.45, 7) is 1.98. The van der Waals surface area contributed by atoms with Crippen LogP contribution >= 0.6 is 10.0 Å². The highest BCUT2D eigenvalue weighted by Crippen LogP contribution is 2.50. The second-order valence-corrected chi connectivity index (χ2v) is 5.30. The normalized spacial score (nSPS) is 33.5. The molecule has 1 N–H and O–H groups in total. The number of hydrogen-bond acceptors (Lipinski definition) is 2. The van der Waals surface area contributed by atoms with Crippen molar-refractivity contribution in [1.82, 2.24) is 0 Å². The van der Waals surface area contributed by atoms with Gasteiger partial charge in [-0.25, -0.2) is 4.79 Å². The lowest BCUT2D eigenvalue weighted by Crippen LogP contribution is -2.10. The average Bonchev–Trinajstić information content (AvgIpc) is 2.38. The van der Waals surface area contributed by atoms with Gasteiger partial charge in [0.2, 0.25) is 0 Å². The van der Waals surface area contributed by atoms with Crippen LogP contribution in [0.1, 0.15) is 13.3 Å². The Morgan fingerprint density at radius 2 is 2.45 bits per heavy atom. The highest BCUT2D eigenvalue weighted by atomic mass is 32.3. The standard InChI is InChI=1S/C7H11NO2S/c1-2-4-11(7(9)10)5-3-8-6-11/h3,5-6H,2,4H2,1H3,(H,9,10). The molecule has 11 heavy (non-hydrogen) atoms. The van der Waals surface area contributed by atoms with Crippen molar-refractivity contribution in [2.75, 3.05) is 5.75 Å². The van der Waals surface area contributed by atoms with Crippen molar-refractivity contribution in [3.05, 3.63) is 11.6 Å². The first-order valence-electron chi connectivity index (χ1n) is 3.45. The van der Waals surface area contributed by atoms with E-state index in [1.54, 1.807) is 17.2 Å². The lowest BCUT2D eigenvalue weighted by Gasteiger charge is -2.22. The Labute approximate surface area is 67.1 Å². The fourth-order valence-corrected chi connectivity index (χ4v) is 2.92. The van der Waals surface area contributed by atoms with E-state index in [2.05, 4.69) is 4.99 Å². The Hall–Kier alpha value is -0.770. The molecule has 0 aliphatic carbocycles. The molecule has 0 spiro atoms. The number of hydrogen-bond donors (Lipinski definition) is 1. The first kappa shape index (κ1) is 8.33. The molecule has 0 aromatic rings. The minimum Gasteiger partial charge on any atom is -0.474 e. The van der Waals surface area contributed by atoms with E-state index < -0.39 is 15.3 Å². The molecule has 0 fully saturated rings. The molecule has 0 bridgehead atoms. The molecule has 0 amide bonds. The van der Waals surface area contributed by atoms with E-state index in [1.807, 2.05) is 6.92 Å². The van der Waals surface area contributed by atoms with E-state index in [1.165, 1.54) is 0 Å². The van der Waals surface area contributed by atoms with Crippen molar-refractivity contribution in [2.45, 2.75) is 13.3 Å². The van der Waals surface area contributed by atoms with Gasteiger partial charge in [0.25, 0.3) is 0 Å². The lowest BCUT2D eigenvalue weighted by atomic mass is 10.6. The summed E-state index contributed by atoms with van der Waals surface area (Å²) < 4.78 is 0. The summed E-state index contributed by atoms with van der Waals surface area (Å²) in [6, 6.07) is 0. The molecule has 0 aromatic heterocycles. The second-order valence-electron chi connectivity index (χ2n) is 2.36. The van der Waals surface area contributed by atoms with Crippen molar-refractivity contribution in [1.29, 1.82) is 0 Å². The zero-order valence-electron chi connectivity index (χ0n) is 6.36. The third kappa shape index (κ3) is 1.45. The molecule has 1 unspecified atom stereocenters. The number of carboxylic acid groups (broad SMARTS) is 1. The quantitative estimate of drug-likeness (QED) is 0.697. The molecule has 3 nitrogen and oxygen atoms in total. The van der Waals surface area contributed by atoms with Gasteiger partial charge in [0, 0.05) is 6.20 Å². The van der Waals surface area contributed by atoms with E-state index in [4.69, 9.17) is 5.11 Å². The van der Waals surface area contributed by atoms with Gasteiger partial charge in [0.05, 0.1) is 5.55 Å². The van der Waals surface area contributed by atoms with Gasteiger partial charge in [-0.2, -0.15) is 0 Å². The summed E-state index contributed by atoms with van der Waals surface area (Å²) in [7, 11) is -1.68. The van der Waals surface area contributed by atoms with Crippen molar-refractivity contribution >= 4 is 20.9 Å². The predicted molar refractivity (Wildman–Crippen MR) is 48.4 cm³/mol. The van der Waals surface area contributed by atoms with Crippen LogP contribution in [0.2, 0.25) is 0 Å². The molecule has 1 aliphatic rings. The van der Waals surface area contributed by atoms with Gasteiger partial charge in [0.1, 0.15) is 0 Å². The van der Waals surface area contributed by atoms with Crippen LogP contribution in [0.4, 0.5) is 4.79 Å². The number of carbonyl (C=O) groups is 1. The molecule has 0 radical (unpaired) electrons. The number of aliphatic imine (C=N–C) groups is 1. The van der Waals surface area contributed by atoms with Crippen molar-refractivity contribution in [3.63, 3.8) is 0 Å². The molecule has 1 rings (SSSR count). The fourth-order valence-electron chi connectivity index (χ4n) is 0.972. The monoisotopic (exact) mass is 173 g/mol. The van der Waals surface area contributed by atoms with Crippen LogP contribution < -0.4 is 0 Å². The molecule has 1 heterocycles. The SMILES string of the molecule is CCCS1(C(=O)O)C=CN=C1. The predicted octanol–water partition coefficient (Wildman–Crippen LogP) is 2.39. The van der Waals surface area contributed by atoms with Gasteiger partial charge < -0.3 is 5.11 Å². The summed E-state index contributed by atoms with van der Waals surface area (Å²) in [5.41, 5.74) is 1.58. The molecule has 1 atom stereocenters. The average molecular weight is 173 g/mol. The third-order valence-electron chi connectivity index (χ3n) is 1.51. The Morgan fingerprint density at radius 3 is 2.82 bits per heavy atom. The van der Waals surface area contributed by atoms with Crippen LogP contribution in [0.25, 0.3) is 0 Å². The third-order valence-corrected chi connectivity index (χ3v) is 4.35. The molecule has 0 saturated heterocycles. The zero-order valence-corrected chi connectivity index (χ0v) is 7.17. The first-order chi connectivity index (χ1) is 5.21. The summed E-state index contributed by atoms with van der Waals surface area (Å²) in [4.78, 5) is 14.6. The van der Waals surface area contributed by atoms with Crippen LogP contribution in [0.15, 0.2) is 16.6 Å². The van der Waals surface area contributed by atoms with Crippen LogP contribution in [0.3, 0.4) is 0 Å². The molecule has 1 aliphatic heterocycles. The Bertz CT molecular complexity index is 210. The maximum Gasteiger partial charge on any atom is 0.355 e. The molecule has 0 saturated carbocycles. The van der Waals surface area contributed by atoms with Gasteiger partial charge in [-0.05, 0) is 17.6 Å². The van der Waals surface area contributed by atoms with Gasteiger partial charge in [-0.1, -0.05) is 17.0 Å². The van der Waals surface area contributed by atoms with Crippen LogP contribution in [-0.2, 0) is 0 Å². The minimum atomic E-state index is -1.68. The number of rotatable bonds is 2. The van der Waals surface area contributed by atoms with Gasteiger partial charge in [-0.3, -0.25) is 4.99 Å². The Morgan fingerprint density at radius 1 is 1.73 bits per heavy atom. The second kappa shape index (κ2) is 3.09. The molecule has 4 heteroatoms. The van der Waals surface area contributed by atoms with E-state index >= 15 is 0 Å².